The molecule has 4 heteroatoms. The van der Waals surface area contributed by atoms with Crippen molar-refractivity contribution in [2.45, 2.75) is 19.3 Å². The summed E-state index contributed by atoms with van der Waals surface area (Å²) in [5, 5.41) is 9.15. The second-order valence-corrected chi connectivity index (χ2v) is 7.04. The van der Waals surface area contributed by atoms with Crippen LogP contribution in [0, 0.1) is 0 Å². The molecule has 0 amide bonds. The number of aryl methyl sites for hydroxylation is 2. The number of halogens is 1. The highest BCUT2D eigenvalue weighted by atomic mass is 35.5. The maximum Gasteiger partial charge on any atom is 0.272 e. The van der Waals surface area contributed by atoms with E-state index >= 15 is 0 Å². The van der Waals surface area contributed by atoms with Gasteiger partial charge in [-0.1, -0.05) is 72.3 Å². The van der Waals surface area contributed by atoms with Gasteiger partial charge in [0.2, 0.25) is 0 Å². The molecule has 4 aromatic rings. The zero-order chi connectivity index (χ0) is 18.6. The lowest BCUT2D eigenvalue weighted by Gasteiger charge is -2.09. The van der Waals surface area contributed by atoms with Crippen molar-refractivity contribution in [1.29, 1.82) is 0 Å². The molecule has 134 valence electrons. The molecule has 0 aliphatic heterocycles. The van der Waals surface area contributed by atoms with Gasteiger partial charge in [0.25, 0.3) is 5.56 Å². The summed E-state index contributed by atoms with van der Waals surface area (Å²) in [6.45, 7) is 0. The summed E-state index contributed by atoms with van der Waals surface area (Å²) in [6.07, 6.45) is 2.49. The fourth-order valence-electron chi connectivity index (χ4n) is 3.33. The standard InChI is InChI=1S/C23H19ClN2O/c24-21-14-17(11-13-18(21)12-10-16-6-2-1-3-7-16)15-22-19-8-4-5-9-20(19)23(27)26-25-22/h1-9,11,13-14H,10,12,15H2,(H,26,27). The van der Waals surface area contributed by atoms with Gasteiger partial charge >= 0.3 is 0 Å². The normalized spacial score (nSPS) is 11.0. The fraction of sp³-hybridized carbons (Fsp3) is 0.130. The minimum atomic E-state index is -0.163. The molecule has 4 rings (SSSR count). The van der Waals surface area contributed by atoms with Gasteiger partial charge < -0.3 is 0 Å². The first-order chi connectivity index (χ1) is 13.2. The van der Waals surface area contributed by atoms with Crippen LogP contribution in [0.2, 0.25) is 5.02 Å². The Balaban J connectivity index is 1.55. The van der Waals surface area contributed by atoms with E-state index in [-0.39, 0.29) is 5.56 Å². The summed E-state index contributed by atoms with van der Waals surface area (Å²) in [5.74, 6) is 0. The second kappa shape index (κ2) is 7.77. The molecule has 27 heavy (non-hydrogen) atoms. The monoisotopic (exact) mass is 374 g/mol. The Labute approximate surface area is 162 Å². The first kappa shape index (κ1) is 17.5. The van der Waals surface area contributed by atoms with Crippen LogP contribution in [0.25, 0.3) is 10.8 Å². The summed E-state index contributed by atoms with van der Waals surface area (Å²) >= 11 is 6.53. The molecule has 3 aromatic carbocycles. The number of hydrogen-bond acceptors (Lipinski definition) is 2. The number of H-pyrrole nitrogens is 1. The van der Waals surface area contributed by atoms with Gasteiger partial charge in [0, 0.05) is 16.8 Å². The van der Waals surface area contributed by atoms with Crippen LogP contribution < -0.4 is 5.56 Å². The number of hydrogen-bond donors (Lipinski definition) is 1. The highest BCUT2D eigenvalue weighted by Gasteiger charge is 2.09. The zero-order valence-corrected chi connectivity index (χ0v) is 15.5. The molecule has 3 nitrogen and oxygen atoms in total. The van der Waals surface area contributed by atoms with E-state index < -0.39 is 0 Å². The smallest absolute Gasteiger partial charge is 0.267 e. The van der Waals surface area contributed by atoms with Gasteiger partial charge in [0.05, 0.1) is 11.1 Å². The topological polar surface area (TPSA) is 45.8 Å². The van der Waals surface area contributed by atoms with E-state index in [1.54, 1.807) is 0 Å². The minimum absolute atomic E-state index is 0.163. The molecule has 0 unspecified atom stereocenters. The average molecular weight is 375 g/mol. The zero-order valence-electron chi connectivity index (χ0n) is 14.8. The highest BCUT2D eigenvalue weighted by molar-refractivity contribution is 6.31. The van der Waals surface area contributed by atoms with Crippen molar-refractivity contribution >= 4 is 22.4 Å². The van der Waals surface area contributed by atoms with E-state index in [2.05, 4.69) is 46.6 Å². The molecule has 1 heterocycles. The molecule has 0 saturated carbocycles. The number of benzene rings is 3. The summed E-state index contributed by atoms with van der Waals surface area (Å²) < 4.78 is 0. The van der Waals surface area contributed by atoms with E-state index in [0.29, 0.717) is 11.8 Å². The molecule has 0 bridgehead atoms. The summed E-state index contributed by atoms with van der Waals surface area (Å²) in [6, 6.07) is 24.1. The van der Waals surface area contributed by atoms with Crippen molar-refractivity contribution in [3.8, 4) is 0 Å². The molecule has 0 saturated heterocycles. The Morgan fingerprint density at radius 1 is 0.815 bits per heavy atom. The average Bonchev–Trinajstić information content (AvgIpc) is 2.70. The second-order valence-electron chi connectivity index (χ2n) is 6.63. The Morgan fingerprint density at radius 3 is 2.33 bits per heavy atom. The van der Waals surface area contributed by atoms with Crippen LogP contribution in [-0.2, 0) is 19.3 Å². The molecule has 0 aliphatic rings. The van der Waals surface area contributed by atoms with Crippen LogP contribution in [0.15, 0.2) is 77.6 Å². The maximum atomic E-state index is 11.9. The summed E-state index contributed by atoms with van der Waals surface area (Å²) in [5.41, 5.74) is 4.21. The molecule has 0 atom stereocenters. The van der Waals surface area contributed by atoms with Crippen molar-refractivity contribution in [1.82, 2.24) is 10.2 Å². The van der Waals surface area contributed by atoms with E-state index in [1.165, 1.54) is 5.56 Å². The van der Waals surface area contributed by atoms with E-state index in [4.69, 9.17) is 11.6 Å². The van der Waals surface area contributed by atoms with Crippen molar-refractivity contribution in [3.63, 3.8) is 0 Å². The molecule has 1 N–H and O–H groups in total. The molecular weight excluding hydrogens is 356 g/mol. The number of aromatic amines is 1. The number of fused-ring (bicyclic) bond motifs is 1. The van der Waals surface area contributed by atoms with Gasteiger partial charge in [0.15, 0.2) is 0 Å². The Kier molecular flexibility index (Phi) is 5.03. The molecule has 0 fully saturated rings. The third-order valence-electron chi connectivity index (χ3n) is 4.79. The van der Waals surface area contributed by atoms with Gasteiger partial charge in [-0.3, -0.25) is 4.79 Å². The van der Waals surface area contributed by atoms with Crippen LogP contribution in [0.3, 0.4) is 0 Å². The van der Waals surface area contributed by atoms with Crippen molar-refractivity contribution < 1.29 is 0 Å². The third-order valence-corrected chi connectivity index (χ3v) is 5.14. The van der Waals surface area contributed by atoms with E-state index in [0.717, 1.165) is 40.1 Å². The Morgan fingerprint density at radius 2 is 1.56 bits per heavy atom. The van der Waals surface area contributed by atoms with Crippen LogP contribution >= 0.6 is 11.6 Å². The Bertz CT molecular complexity index is 1140. The third kappa shape index (κ3) is 3.93. The van der Waals surface area contributed by atoms with E-state index in [1.807, 2.05) is 36.4 Å². The van der Waals surface area contributed by atoms with E-state index in [9.17, 15) is 4.79 Å². The maximum absolute atomic E-state index is 11.9. The van der Waals surface area contributed by atoms with Crippen molar-refractivity contribution in [2.75, 3.05) is 0 Å². The van der Waals surface area contributed by atoms with Crippen molar-refractivity contribution in [3.05, 3.63) is 111 Å². The van der Waals surface area contributed by atoms with Crippen molar-refractivity contribution in [2.24, 2.45) is 0 Å². The Hall–Kier alpha value is -2.91. The molecular formula is C23H19ClN2O. The molecule has 0 aliphatic carbocycles. The first-order valence-electron chi connectivity index (χ1n) is 8.98. The number of rotatable bonds is 5. The number of aromatic nitrogens is 2. The lowest BCUT2D eigenvalue weighted by Crippen LogP contribution is -2.11. The molecule has 0 radical (unpaired) electrons. The van der Waals surface area contributed by atoms with Gasteiger partial charge in [-0.25, -0.2) is 5.10 Å². The largest absolute Gasteiger partial charge is 0.272 e. The number of nitrogens with one attached hydrogen (secondary N) is 1. The van der Waals surface area contributed by atoms with Crippen LogP contribution in [0.1, 0.15) is 22.4 Å². The predicted molar refractivity (Wildman–Crippen MR) is 110 cm³/mol. The van der Waals surface area contributed by atoms with Crippen LogP contribution in [0.4, 0.5) is 0 Å². The predicted octanol–water partition coefficient (Wildman–Crippen LogP) is 4.95. The first-order valence-corrected chi connectivity index (χ1v) is 9.36. The SMILES string of the molecule is O=c1[nH]nc(Cc2ccc(CCc3ccccc3)c(Cl)c2)c2ccccc12. The highest BCUT2D eigenvalue weighted by Crippen LogP contribution is 2.23. The molecule has 0 spiro atoms. The molecule has 1 aromatic heterocycles. The number of nitrogens with zero attached hydrogens (tertiary/aromatic N) is 1. The lowest BCUT2D eigenvalue weighted by molar-refractivity contribution is 0.930. The minimum Gasteiger partial charge on any atom is -0.267 e. The van der Waals surface area contributed by atoms with Gasteiger partial charge in [-0.05, 0) is 41.7 Å². The lowest BCUT2D eigenvalue weighted by atomic mass is 10.0. The fourth-order valence-corrected chi connectivity index (χ4v) is 3.62. The van der Waals surface area contributed by atoms with Crippen LogP contribution in [0.5, 0.6) is 0 Å². The van der Waals surface area contributed by atoms with Gasteiger partial charge in [0.1, 0.15) is 0 Å². The summed E-state index contributed by atoms with van der Waals surface area (Å²) in [7, 11) is 0. The van der Waals surface area contributed by atoms with Crippen LogP contribution in [-0.4, -0.2) is 10.2 Å². The summed E-state index contributed by atoms with van der Waals surface area (Å²) in [4.78, 5) is 11.9. The quantitative estimate of drug-likeness (QED) is 0.537. The van der Waals surface area contributed by atoms with Gasteiger partial charge in [-0.15, -0.1) is 0 Å². The van der Waals surface area contributed by atoms with Gasteiger partial charge in [-0.2, -0.15) is 5.10 Å².